The van der Waals surface area contributed by atoms with Gasteiger partial charge in [-0.25, -0.2) is 4.79 Å². The van der Waals surface area contributed by atoms with Crippen LogP contribution >= 0.6 is 0 Å². The molecular formula is C12H13NO7. The molecule has 1 atom stereocenters. The molecule has 8 heteroatoms. The summed E-state index contributed by atoms with van der Waals surface area (Å²) in [6.07, 6.45) is -0.747. The molecule has 1 aromatic rings. The lowest BCUT2D eigenvalue weighted by Gasteiger charge is -2.13. The molecule has 1 amide bonds. The van der Waals surface area contributed by atoms with Crippen molar-refractivity contribution in [3.63, 3.8) is 0 Å². The highest BCUT2D eigenvalue weighted by Gasteiger charge is 2.23. The fourth-order valence-corrected chi connectivity index (χ4v) is 1.45. The molecule has 8 nitrogen and oxygen atoms in total. The van der Waals surface area contributed by atoms with Crippen LogP contribution in [0, 0.1) is 0 Å². The minimum Gasteiger partial charge on any atom is -0.504 e. The third kappa shape index (κ3) is 3.87. The second-order valence-electron chi connectivity index (χ2n) is 3.85. The van der Waals surface area contributed by atoms with E-state index in [2.05, 4.69) is 5.32 Å². The second-order valence-corrected chi connectivity index (χ2v) is 3.85. The monoisotopic (exact) mass is 283 g/mol. The van der Waals surface area contributed by atoms with Gasteiger partial charge in [0.25, 0.3) is 5.91 Å². The van der Waals surface area contributed by atoms with E-state index in [1.54, 1.807) is 0 Å². The normalized spacial score (nSPS) is 11.4. The van der Waals surface area contributed by atoms with Gasteiger partial charge >= 0.3 is 11.9 Å². The maximum absolute atomic E-state index is 11.8. The molecule has 0 aliphatic rings. The SMILES string of the molecule is COc1ccc(C(=O)NC(CC(=O)O)C(=O)O)cc1O. The van der Waals surface area contributed by atoms with Gasteiger partial charge in [0, 0.05) is 5.56 Å². The van der Waals surface area contributed by atoms with E-state index in [4.69, 9.17) is 14.9 Å². The van der Waals surface area contributed by atoms with Gasteiger partial charge in [0.1, 0.15) is 6.04 Å². The van der Waals surface area contributed by atoms with Gasteiger partial charge in [-0.2, -0.15) is 0 Å². The van der Waals surface area contributed by atoms with Crippen molar-refractivity contribution in [1.29, 1.82) is 0 Å². The van der Waals surface area contributed by atoms with Crippen molar-refractivity contribution in [3.8, 4) is 11.5 Å². The number of aliphatic carboxylic acids is 2. The number of hydrogen-bond donors (Lipinski definition) is 4. The molecule has 0 bridgehead atoms. The number of amides is 1. The summed E-state index contributed by atoms with van der Waals surface area (Å²) in [6, 6.07) is 2.18. The lowest BCUT2D eigenvalue weighted by Crippen LogP contribution is -2.42. The average molecular weight is 283 g/mol. The van der Waals surface area contributed by atoms with E-state index in [-0.39, 0.29) is 17.1 Å². The molecule has 0 fully saturated rings. The molecule has 0 spiro atoms. The number of phenolic OH excluding ortho intramolecular Hbond substituents is 1. The number of aromatic hydroxyl groups is 1. The molecular weight excluding hydrogens is 270 g/mol. The third-order valence-corrected chi connectivity index (χ3v) is 2.42. The van der Waals surface area contributed by atoms with Crippen molar-refractivity contribution >= 4 is 17.8 Å². The fraction of sp³-hybridized carbons (Fsp3) is 0.250. The van der Waals surface area contributed by atoms with E-state index in [0.29, 0.717) is 0 Å². The molecule has 1 unspecified atom stereocenters. The Hall–Kier alpha value is -2.77. The lowest BCUT2D eigenvalue weighted by atomic mass is 10.1. The van der Waals surface area contributed by atoms with Crippen LogP contribution in [0.1, 0.15) is 16.8 Å². The number of carboxylic acid groups (broad SMARTS) is 2. The zero-order chi connectivity index (χ0) is 15.3. The van der Waals surface area contributed by atoms with Gasteiger partial charge in [0.05, 0.1) is 13.5 Å². The Morgan fingerprint density at radius 1 is 1.30 bits per heavy atom. The highest BCUT2D eigenvalue weighted by Crippen LogP contribution is 2.26. The van der Waals surface area contributed by atoms with E-state index in [0.717, 1.165) is 6.07 Å². The smallest absolute Gasteiger partial charge is 0.326 e. The van der Waals surface area contributed by atoms with Crippen LogP contribution in [0.5, 0.6) is 11.5 Å². The second kappa shape index (κ2) is 6.41. The summed E-state index contributed by atoms with van der Waals surface area (Å²) < 4.78 is 4.80. The van der Waals surface area contributed by atoms with Crippen LogP contribution in [0.2, 0.25) is 0 Å². The predicted molar refractivity (Wildman–Crippen MR) is 65.8 cm³/mol. The van der Waals surface area contributed by atoms with E-state index >= 15 is 0 Å². The first kappa shape index (κ1) is 15.3. The summed E-state index contributed by atoms with van der Waals surface area (Å²) in [7, 11) is 1.34. The number of nitrogens with one attached hydrogen (secondary N) is 1. The number of carbonyl (C=O) groups excluding carboxylic acids is 1. The van der Waals surface area contributed by atoms with Gasteiger partial charge in [-0.05, 0) is 18.2 Å². The van der Waals surface area contributed by atoms with E-state index in [1.807, 2.05) is 0 Å². The molecule has 0 radical (unpaired) electrons. The zero-order valence-corrected chi connectivity index (χ0v) is 10.5. The van der Waals surface area contributed by atoms with E-state index < -0.39 is 30.3 Å². The maximum atomic E-state index is 11.8. The molecule has 4 N–H and O–H groups in total. The van der Waals surface area contributed by atoms with Crippen LogP contribution in [0.4, 0.5) is 0 Å². The van der Waals surface area contributed by atoms with Crippen molar-refractivity contribution < 1.29 is 34.4 Å². The van der Waals surface area contributed by atoms with Gasteiger partial charge in [0.15, 0.2) is 11.5 Å². The number of ether oxygens (including phenoxy) is 1. The lowest BCUT2D eigenvalue weighted by molar-refractivity contribution is -0.145. The number of carboxylic acids is 2. The molecule has 0 aromatic heterocycles. The van der Waals surface area contributed by atoms with Crippen LogP contribution in [0.25, 0.3) is 0 Å². The number of benzene rings is 1. The molecule has 108 valence electrons. The topological polar surface area (TPSA) is 133 Å². The largest absolute Gasteiger partial charge is 0.504 e. The quantitative estimate of drug-likeness (QED) is 0.580. The van der Waals surface area contributed by atoms with Gasteiger partial charge in [-0.3, -0.25) is 9.59 Å². The Bertz CT molecular complexity index is 541. The minimum atomic E-state index is -1.55. The third-order valence-electron chi connectivity index (χ3n) is 2.42. The van der Waals surface area contributed by atoms with Crippen LogP contribution in [0.3, 0.4) is 0 Å². The number of hydrogen-bond acceptors (Lipinski definition) is 5. The summed E-state index contributed by atoms with van der Waals surface area (Å²) in [4.78, 5) is 33.1. The van der Waals surface area contributed by atoms with Crippen molar-refractivity contribution in [1.82, 2.24) is 5.32 Å². The van der Waals surface area contributed by atoms with Crippen LogP contribution in [-0.2, 0) is 9.59 Å². The Morgan fingerprint density at radius 2 is 1.95 bits per heavy atom. The molecule has 0 saturated heterocycles. The number of rotatable bonds is 6. The maximum Gasteiger partial charge on any atom is 0.326 e. The van der Waals surface area contributed by atoms with E-state index in [9.17, 15) is 19.5 Å². The number of phenols is 1. The molecule has 0 saturated carbocycles. The first-order valence-corrected chi connectivity index (χ1v) is 5.47. The zero-order valence-electron chi connectivity index (χ0n) is 10.5. The van der Waals surface area contributed by atoms with Crippen LogP contribution in [-0.4, -0.2) is 46.3 Å². The van der Waals surface area contributed by atoms with Crippen molar-refractivity contribution in [2.75, 3.05) is 7.11 Å². The number of methoxy groups -OCH3 is 1. The summed E-state index contributed by atoms with van der Waals surface area (Å²) in [6.45, 7) is 0. The predicted octanol–water partition coefficient (Wildman–Crippen LogP) is 0.0585. The van der Waals surface area contributed by atoms with Crippen LogP contribution < -0.4 is 10.1 Å². The first-order valence-electron chi connectivity index (χ1n) is 5.47. The van der Waals surface area contributed by atoms with Gasteiger partial charge in [-0.1, -0.05) is 0 Å². The first-order chi connectivity index (χ1) is 9.35. The van der Waals surface area contributed by atoms with Gasteiger partial charge < -0.3 is 25.4 Å². The highest BCUT2D eigenvalue weighted by atomic mass is 16.5. The van der Waals surface area contributed by atoms with Gasteiger partial charge in [0.2, 0.25) is 0 Å². The fourth-order valence-electron chi connectivity index (χ4n) is 1.45. The summed E-state index contributed by atoms with van der Waals surface area (Å²) in [5, 5.41) is 28.9. The molecule has 0 heterocycles. The standard InChI is InChI=1S/C12H13NO7/c1-20-9-3-2-6(4-8(9)14)11(17)13-7(12(18)19)5-10(15)16/h2-4,7,14H,5H2,1H3,(H,13,17)(H,15,16)(H,18,19). The van der Waals surface area contributed by atoms with Crippen molar-refractivity contribution in [2.24, 2.45) is 0 Å². The Kier molecular flexibility index (Phi) is 4.90. The van der Waals surface area contributed by atoms with Crippen LogP contribution in [0.15, 0.2) is 18.2 Å². The molecule has 1 rings (SSSR count). The Balaban J connectivity index is 2.86. The summed E-state index contributed by atoms with van der Waals surface area (Å²) in [5.41, 5.74) is -0.0139. The highest BCUT2D eigenvalue weighted by molar-refractivity contribution is 5.97. The molecule has 20 heavy (non-hydrogen) atoms. The van der Waals surface area contributed by atoms with Gasteiger partial charge in [-0.15, -0.1) is 0 Å². The molecule has 1 aromatic carbocycles. The van der Waals surface area contributed by atoms with E-state index in [1.165, 1.54) is 19.2 Å². The average Bonchev–Trinajstić information content (AvgIpc) is 2.37. The number of carbonyl (C=O) groups is 3. The summed E-state index contributed by atoms with van der Waals surface area (Å²) >= 11 is 0. The van der Waals surface area contributed by atoms with Crippen molar-refractivity contribution in [3.05, 3.63) is 23.8 Å². The van der Waals surface area contributed by atoms with Crippen molar-refractivity contribution in [2.45, 2.75) is 12.5 Å². The minimum absolute atomic E-state index is 0.0139. The summed E-state index contributed by atoms with van der Waals surface area (Å²) in [5.74, 6) is -3.75. The molecule has 0 aliphatic heterocycles. The Morgan fingerprint density at radius 3 is 2.40 bits per heavy atom. The Labute approximate surface area is 113 Å². The molecule has 0 aliphatic carbocycles.